The largest absolute Gasteiger partial charge is 0.456 e. The second kappa shape index (κ2) is 10.6. The molecule has 8 aromatic carbocycles. The Morgan fingerprint density at radius 2 is 1.08 bits per heavy atom. The Hall–Kier alpha value is -6.36. The molecular formula is C46H28N2OS. The predicted molar refractivity (Wildman–Crippen MR) is 213 cm³/mol. The topological polar surface area (TPSA) is 21.3 Å². The van der Waals surface area contributed by atoms with Gasteiger partial charge < -0.3 is 13.9 Å². The van der Waals surface area contributed by atoms with Crippen LogP contribution in [0.5, 0.6) is 0 Å². The number of para-hydroxylation sites is 3. The number of fused-ring (bicyclic) bond motifs is 10. The van der Waals surface area contributed by atoms with Gasteiger partial charge in [0.2, 0.25) is 0 Å². The Morgan fingerprint density at radius 3 is 2.00 bits per heavy atom. The highest BCUT2D eigenvalue weighted by molar-refractivity contribution is 7.25. The van der Waals surface area contributed by atoms with Crippen molar-refractivity contribution in [3.63, 3.8) is 0 Å². The van der Waals surface area contributed by atoms with E-state index in [1.165, 1.54) is 52.8 Å². The van der Waals surface area contributed by atoms with Gasteiger partial charge in [-0.05, 0) is 95.7 Å². The molecule has 0 amide bonds. The van der Waals surface area contributed by atoms with Crippen molar-refractivity contribution < 1.29 is 4.42 Å². The zero-order valence-corrected chi connectivity index (χ0v) is 27.7. The van der Waals surface area contributed by atoms with E-state index in [9.17, 15) is 0 Å². The van der Waals surface area contributed by atoms with Crippen molar-refractivity contribution in [3.8, 4) is 5.69 Å². The first-order valence-electron chi connectivity index (χ1n) is 16.9. The van der Waals surface area contributed by atoms with Crippen LogP contribution < -0.4 is 4.90 Å². The molecule has 0 unspecified atom stereocenters. The fourth-order valence-electron chi connectivity index (χ4n) is 7.85. The van der Waals surface area contributed by atoms with E-state index in [2.05, 4.69) is 167 Å². The lowest BCUT2D eigenvalue weighted by Gasteiger charge is -2.26. The highest BCUT2D eigenvalue weighted by Crippen LogP contribution is 2.43. The summed E-state index contributed by atoms with van der Waals surface area (Å²) in [6.45, 7) is 0. The number of benzene rings is 8. The zero-order chi connectivity index (χ0) is 32.8. The molecule has 3 heterocycles. The summed E-state index contributed by atoms with van der Waals surface area (Å²) >= 11 is 1.86. The Bertz CT molecular complexity index is 3110. The van der Waals surface area contributed by atoms with Crippen molar-refractivity contribution in [2.75, 3.05) is 4.90 Å². The second-order valence-corrected chi connectivity index (χ2v) is 14.1. The molecule has 0 aliphatic heterocycles. The SMILES string of the molecule is c1ccc(-n2c3ccccc3c3cc(N(c4ccc5cc6c(cc5c4)sc4ccccc46)c4ccc5c(c4)oc4ccccc45)ccc32)cc1. The molecule has 0 aliphatic rings. The summed E-state index contributed by atoms with van der Waals surface area (Å²) in [5.74, 6) is 0. The molecule has 50 heavy (non-hydrogen) atoms. The van der Waals surface area contributed by atoms with Crippen LogP contribution in [0.2, 0.25) is 0 Å². The lowest BCUT2D eigenvalue weighted by Crippen LogP contribution is -2.10. The molecule has 3 aromatic heterocycles. The molecule has 234 valence electrons. The normalized spacial score (nSPS) is 12.0. The van der Waals surface area contributed by atoms with Crippen LogP contribution in [0.1, 0.15) is 0 Å². The van der Waals surface area contributed by atoms with E-state index in [0.717, 1.165) is 44.7 Å². The summed E-state index contributed by atoms with van der Waals surface area (Å²) in [4.78, 5) is 2.37. The molecule has 11 rings (SSSR count). The van der Waals surface area contributed by atoms with E-state index in [0.29, 0.717) is 0 Å². The van der Waals surface area contributed by atoms with Crippen molar-refractivity contribution in [1.29, 1.82) is 0 Å². The highest BCUT2D eigenvalue weighted by atomic mass is 32.1. The first kappa shape index (κ1) is 27.6. The predicted octanol–water partition coefficient (Wildman–Crippen LogP) is 13.7. The van der Waals surface area contributed by atoms with Crippen molar-refractivity contribution in [1.82, 2.24) is 4.57 Å². The number of thiophene rings is 1. The summed E-state index contributed by atoms with van der Waals surface area (Å²) in [5, 5.41) is 9.79. The first-order valence-corrected chi connectivity index (χ1v) is 17.7. The molecule has 0 saturated heterocycles. The smallest absolute Gasteiger partial charge is 0.137 e. The maximum Gasteiger partial charge on any atom is 0.137 e. The zero-order valence-electron chi connectivity index (χ0n) is 26.9. The van der Waals surface area contributed by atoms with E-state index < -0.39 is 0 Å². The quantitative estimate of drug-likeness (QED) is 0.188. The molecule has 3 nitrogen and oxygen atoms in total. The number of hydrogen-bond donors (Lipinski definition) is 0. The van der Waals surface area contributed by atoms with Crippen LogP contribution in [0.4, 0.5) is 17.1 Å². The Balaban J connectivity index is 1.15. The van der Waals surface area contributed by atoms with Gasteiger partial charge in [0.05, 0.1) is 11.0 Å². The van der Waals surface area contributed by atoms with E-state index in [4.69, 9.17) is 4.42 Å². The van der Waals surface area contributed by atoms with Gasteiger partial charge in [-0.2, -0.15) is 0 Å². The molecule has 0 spiro atoms. The molecule has 0 saturated carbocycles. The summed E-state index contributed by atoms with van der Waals surface area (Å²) in [7, 11) is 0. The fraction of sp³-hybridized carbons (Fsp3) is 0. The van der Waals surface area contributed by atoms with Crippen LogP contribution in [0.15, 0.2) is 174 Å². The van der Waals surface area contributed by atoms with Crippen LogP contribution >= 0.6 is 11.3 Å². The lowest BCUT2D eigenvalue weighted by atomic mass is 10.0. The molecule has 0 aliphatic carbocycles. The van der Waals surface area contributed by atoms with Gasteiger partial charge in [-0.1, -0.05) is 78.9 Å². The molecule has 0 N–H and O–H groups in total. The van der Waals surface area contributed by atoms with Crippen LogP contribution in [0.3, 0.4) is 0 Å². The minimum Gasteiger partial charge on any atom is -0.456 e. The van der Waals surface area contributed by atoms with Crippen molar-refractivity contribution >= 4 is 103 Å². The average Bonchev–Trinajstić information content (AvgIpc) is 3.83. The Labute approximate surface area is 291 Å². The Morgan fingerprint density at radius 1 is 0.400 bits per heavy atom. The van der Waals surface area contributed by atoms with Gasteiger partial charge in [-0.15, -0.1) is 11.3 Å². The summed E-state index contributed by atoms with van der Waals surface area (Å²) < 4.78 is 11.4. The third-order valence-corrected chi connectivity index (χ3v) is 11.3. The lowest BCUT2D eigenvalue weighted by molar-refractivity contribution is 0.669. The molecule has 4 heteroatoms. The monoisotopic (exact) mass is 656 g/mol. The van der Waals surface area contributed by atoms with E-state index >= 15 is 0 Å². The second-order valence-electron chi connectivity index (χ2n) is 13.0. The molecule has 0 bridgehead atoms. The molecule has 11 aromatic rings. The highest BCUT2D eigenvalue weighted by Gasteiger charge is 2.19. The maximum atomic E-state index is 6.41. The van der Waals surface area contributed by atoms with Crippen LogP contribution in [0, 0.1) is 0 Å². The maximum absolute atomic E-state index is 6.41. The number of furan rings is 1. The Kier molecular flexibility index (Phi) is 5.83. The van der Waals surface area contributed by atoms with Crippen molar-refractivity contribution in [2.45, 2.75) is 0 Å². The van der Waals surface area contributed by atoms with Crippen molar-refractivity contribution in [3.05, 3.63) is 170 Å². The van der Waals surface area contributed by atoms with Crippen LogP contribution in [0.25, 0.3) is 80.4 Å². The van der Waals surface area contributed by atoms with Gasteiger partial charge in [0.1, 0.15) is 11.2 Å². The summed E-state index contributed by atoms with van der Waals surface area (Å²) in [6, 6.07) is 61.4. The summed E-state index contributed by atoms with van der Waals surface area (Å²) in [5.41, 5.74) is 8.54. The first-order chi connectivity index (χ1) is 24.8. The molecular weight excluding hydrogens is 629 g/mol. The van der Waals surface area contributed by atoms with E-state index in [1.54, 1.807) is 0 Å². The van der Waals surface area contributed by atoms with E-state index in [1.807, 2.05) is 23.5 Å². The molecule has 0 atom stereocenters. The van der Waals surface area contributed by atoms with Crippen LogP contribution in [-0.4, -0.2) is 4.57 Å². The number of anilines is 3. The summed E-state index contributed by atoms with van der Waals surface area (Å²) in [6.07, 6.45) is 0. The van der Waals surface area contributed by atoms with Gasteiger partial charge >= 0.3 is 0 Å². The van der Waals surface area contributed by atoms with E-state index in [-0.39, 0.29) is 0 Å². The minimum absolute atomic E-state index is 0.878. The number of aromatic nitrogens is 1. The molecule has 0 radical (unpaired) electrons. The number of hydrogen-bond acceptors (Lipinski definition) is 3. The standard InChI is InChI=1S/C46H28N2OS/c1-2-10-31(11-3-1)48-41-15-7-4-12-35(41)39-27-33(21-23-42(39)48)47(34-20-22-37-36-13-5-8-16-43(36)49-44(37)28-34)32-19-18-29-25-40-38-14-6-9-17-45(38)50-46(40)26-30(29)24-32/h1-28H. The van der Waals surface area contributed by atoms with Gasteiger partial charge in [-0.25, -0.2) is 0 Å². The number of nitrogens with zero attached hydrogens (tertiary/aromatic N) is 2. The minimum atomic E-state index is 0.878. The van der Waals surface area contributed by atoms with Gasteiger partial charge in [-0.3, -0.25) is 0 Å². The average molecular weight is 657 g/mol. The van der Waals surface area contributed by atoms with Gasteiger partial charge in [0.15, 0.2) is 0 Å². The third kappa shape index (κ3) is 4.09. The fourth-order valence-corrected chi connectivity index (χ4v) is 8.99. The number of rotatable bonds is 4. The van der Waals surface area contributed by atoms with Crippen LogP contribution in [-0.2, 0) is 0 Å². The molecule has 0 fully saturated rings. The third-order valence-electron chi connectivity index (χ3n) is 10.1. The van der Waals surface area contributed by atoms with Gasteiger partial charge in [0, 0.05) is 70.5 Å². The van der Waals surface area contributed by atoms with Gasteiger partial charge in [0.25, 0.3) is 0 Å². The van der Waals surface area contributed by atoms with Crippen molar-refractivity contribution in [2.24, 2.45) is 0 Å².